The fourth-order valence-corrected chi connectivity index (χ4v) is 12.0. The standard InChI is InChI=1S/C53H79N5O18/c1-26-23-51(7,66)43(74-49-41(61)36(56(9)10)21-27(2)69-49)28(3)42(29(4)48(64)73-44-30(5)53(44)46(39(26)55-67)75-50(65)76-53)72-38-24-52(8,68-13)45(31(6)70-38)71-37(59)18-20-54-19-14-15-32-16-17-35-33(22-32)40(60)34(47(62)63)25-58(35)57(11)12/h16-17,22,25-31,36,38,41-46,49,54,61,66-67H,14-15,18-21,23-24H2,1-13H3,(H,62,63)/b55-39+/t26-,27-,28+,29-,30?,31+,36+,38+,41-,42+,43-,44-,45+,46-,49+,51-,52-,53-/m1/s1. The predicted octanol–water partition coefficient (Wildman–Crippen LogP) is 3.19. The van der Waals surface area contributed by atoms with Crippen LogP contribution in [0.5, 0.6) is 0 Å². The van der Waals surface area contributed by atoms with Crippen LogP contribution in [0.4, 0.5) is 4.79 Å². The van der Waals surface area contributed by atoms with Crippen molar-refractivity contribution < 1.29 is 82.3 Å². The number of ether oxygens (including phenoxy) is 9. The normalized spacial score (nSPS) is 38.4. The summed E-state index contributed by atoms with van der Waals surface area (Å²) in [6.07, 6.45) is -8.27. The average Bonchev–Trinajstić information content (AvgIpc) is 3.71. The van der Waals surface area contributed by atoms with Crippen LogP contribution in [0.3, 0.4) is 0 Å². The first-order valence-electron chi connectivity index (χ1n) is 26.2. The molecule has 76 heavy (non-hydrogen) atoms. The maximum Gasteiger partial charge on any atom is 0.509 e. The zero-order chi connectivity index (χ0) is 55.9. The van der Waals surface area contributed by atoms with Gasteiger partial charge < -0.3 is 78.4 Å². The second-order valence-electron chi connectivity index (χ2n) is 22.4. The molecule has 5 N–H and O–H groups in total. The summed E-state index contributed by atoms with van der Waals surface area (Å²) >= 11 is 0. The number of methoxy groups -OCH3 is 1. The molecule has 424 valence electrons. The lowest BCUT2D eigenvalue weighted by molar-refractivity contribution is -0.318. The predicted molar refractivity (Wildman–Crippen MR) is 273 cm³/mol. The molecule has 23 nitrogen and oxygen atoms in total. The number of esters is 2. The van der Waals surface area contributed by atoms with Crippen molar-refractivity contribution in [1.82, 2.24) is 14.9 Å². The number of hydrogen-bond donors (Lipinski definition) is 5. The van der Waals surface area contributed by atoms with Crippen molar-refractivity contribution in [1.29, 1.82) is 0 Å². The quantitative estimate of drug-likeness (QED) is 0.0530. The Morgan fingerprint density at radius 1 is 0.961 bits per heavy atom. The van der Waals surface area contributed by atoms with E-state index >= 15 is 0 Å². The molecule has 1 unspecified atom stereocenters. The molecular formula is C53H79N5O18. The molecule has 5 aliphatic rings. The maximum absolute atomic E-state index is 14.5. The summed E-state index contributed by atoms with van der Waals surface area (Å²) in [5, 5.41) is 53.4. The minimum Gasteiger partial charge on any atom is -0.477 e. The number of aromatic nitrogens is 1. The van der Waals surface area contributed by atoms with E-state index in [4.69, 9.17) is 42.6 Å². The molecule has 4 saturated heterocycles. The third-order valence-corrected chi connectivity index (χ3v) is 16.3. The minimum atomic E-state index is -1.85. The number of aliphatic hydroxyl groups excluding tert-OH is 1. The van der Waals surface area contributed by atoms with Gasteiger partial charge in [0.25, 0.3) is 0 Å². The Labute approximate surface area is 442 Å². The van der Waals surface area contributed by atoms with Crippen molar-refractivity contribution in [3.63, 3.8) is 0 Å². The lowest BCUT2D eigenvalue weighted by atomic mass is 9.76. The number of hydrogen-bond acceptors (Lipinski definition) is 21. The highest BCUT2D eigenvalue weighted by atomic mass is 16.8. The van der Waals surface area contributed by atoms with E-state index in [0.29, 0.717) is 43.3 Å². The number of likely N-dealkylation sites (N-methyl/N-ethyl adjacent to an activating group) is 1. The molecule has 1 aliphatic carbocycles. The van der Waals surface area contributed by atoms with E-state index in [1.807, 2.05) is 32.0 Å². The fourth-order valence-electron chi connectivity index (χ4n) is 12.0. The Hall–Kier alpha value is -4.98. The van der Waals surface area contributed by atoms with Gasteiger partial charge in [-0.2, -0.15) is 0 Å². The number of aliphatic hydroxyl groups is 2. The maximum atomic E-state index is 14.5. The monoisotopic (exact) mass is 1070 g/mol. The molecular weight excluding hydrogens is 995 g/mol. The molecule has 1 aromatic heterocycles. The number of oxime groups is 1. The van der Waals surface area contributed by atoms with Crippen LogP contribution >= 0.6 is 0 Å². The summed E-state index contributed by atoms with van der Waals surface area (Å²) in [7, 11) is 8.67. The van der Waals surface area contributed by atoms with E-state index in [-0.39, 0.29) is 42.7 Å². The summed E-state index contributed by atoms with van der Waals surface area (Å²) in [5.41, 5.74) is -3.96. The van der Waals surface area contributed by atoms with E-state index in [9.17, 15) is 44.5 Å². The van der Waals surface area contributed by atoms with Gasteiger partial charge in [-0.15, -0.1) is 0 Å². The molecule has 1 spiro atoms. The van der Waals surface area contributed by atoms with Gasteiger partial charge in [0, 0.05) is 69.5 Å². The van der Waals surface area contributed by atoms with Crippen molar-refractivity contribution in [3.05, 3.63) is 45.7 Å². The first-order chi connectivity index (χ1) is 35.7. The van der Waals surface area contributed by atoms with Gasteiger partial charge in [0.1, 0.15) is 23.0 Å². The van der Waals surface area contributed by atoms with E-state index < -0.39 is 125 Å². The first-order valence-corrected chi connectivity index (χ1v) is 26.2. The number of nitrogens with one attached hydrogen (secondary N) is 1. The zero-order valence-corrected chi connectivity index (χ0v) is 45.9. The Balaban J connectivity index is 1.05. The molecule has 7 rings (SSSR count). The summed E-state index contributed by atoms with van der Waals surface area (Å²) in [5.74, 6) is -5.91. The van der Waals surface area contributed by atoms with Gasteiger partial charge in [-0.1, -0.05) is 32.0 Å². The number of carboxylic acids is 1. The first kappa shape index (κ1) is 58.7. The van der Waals surface area contributed by atoms with Crippen LogP contribution in [0.2, 0.25) is 0 Å². The van der Waals surface area contributed by atoms with Crippen molar-refractivity contribution >= 4 is 40.7 Å². The lowest BCUT2D eigenvalue weighted by Gasteiger charge is -2.49. The summed E-state index contributed by atoms with van der Waals surface area (Å²) in [4.78, 5) is 67.5. The molecule has 1 aromatic carbocycles. The molecule has 2 aromatic rings. The van der Waals surface area contributed by atoms with Crippen LogP contribution < -0.4 is 15.8 Å². The van der Waals surface area contributed by atoms with Gasteiger partial charge in [0.15, 0.2) is 30.9 Å². The number of fused-ring (bicyclic) bond motifs is 1. The van der Waals surface area contributed by atoms with Crippen LogP contribution in [0.1, 0.15) is 103 Å². The van der Waals surface area contributed by atoms with Gasteiger partial charge >= 0.3 is 24.1 Å². The van der Waals surface area contributed by atoms with Crippen molar-refractivity contribution in [2.45, 2.75) is 178 Å². The smallest absolute Gasteiger partial charge is 0.477 e. The second kappa shape index (κ2) is 23.2. The SMILES string of the molecule is CO[C@]1(C)C[C@H](O[C@H]2[C@H](C)[C@@H](O[C@@H]3O[C@H](C)C[C@H](N(C)C)[C@H]3O)[C@](C)(O)C[C@@H](C)/C(=N\O)[C@H]3OC(=O)O[C@@]34C(C)[C@H]4OC(=O)[C@@H]2C)O[C@@H](C)[C@@H]1OC(=O)CCNCCCc1ccc2c(c1)c(=O)c(C(=O)O)cn2N(C)C. The summed E-state index contributed by atoms with van der Waals surface area (Å²) in [6, 6.07) is 5.05. The van der Waals surface area contributed by atoms with Gasteiger partial charge in [-0.05, 0) is 98.6 Å². The Morgan fingerprint density at radius 3 is 2.32 bits per heavy atom. The number of nitrogens with zero attached hydrogens (tertiary/aromatic N) is 4. The fraction of sp³-hybridized carbons (Fsp3) is 0.736. The van der Waals surface area contributed by atoms with Gasteiger partial charge in [-0.3, -0.25) is 19.1 Å². The molecule has 18 atom stereocenters. The highest BCUT2D eigenvalue weighted by molar-refractivity contribution is 5.95. The van der Waals surface area contributed by atoms with Crippen LogP contribution in [-0.4, -0.2) is 193 Å². The van der Waals surface area contributed by atoms with E-state index in [0.717, 1.165) is 5.56 Å². The molecule has 0 radical (unpaired) electrons. The van der Waals surface area contributed by atoms with Crippen LogP contribution in [0.25, 0.3) is 10.9 Å². The lowest BCUT2D eigenvalue weighted by Crippen LogP contribution is -2.61. The van der Waals surface area contributed by atoms with Gasteiger partial charge in [0.05, 0.1) is 47.9 Å². The molecule has 4 aliphatic heterocycles. The molecule has 0 bridgehead atoms. The number of carbonyl (C=O) groups is 4. The molecule has 0 amide bonds. The third kappa shape index (κ3) is 11.7. The van der Waals surface area contributed by atoms with Crippen molar-refractivity contribution in [3.8, 4) is 0 Å². The second-order valence-corrected chi connectivity index (χ2v) is 22.4. The topological polar surface area (TPSA) is 285 Å². The summed E-state index contributed by atoms with van der Waals surface area (Å²) in [6.45, 7) is 14.5. The van der Waals surface area contributed by atoms with Crippen LogP contribution in [-0.2, 0) is 58.6 Å². The van der Waals surface area contributed by atoms with E-state index in [1.165, 1.54) is 20.2 Å². The largest absolute Gasteiger partial charge is 0.509 e. The number of pyridine rings is 1. The number of benzene rings is 1. The number of aromatic carboxylic acids is 1. The van der Waals surface area contributed by atoms with Gasteiger partial charge in [-0.25, -0.2) is 9.59 Å². The van der Waals surface area contributed by atoms with Crippen molar-refractivity contribution in [2.24, 2.45) is 28.8 Å². The highest BCUT2D eigenvalue weighted by Gasteiger charge is 2.79. The third-order valence-electron chi connectivity index (χ3n) is 16.3. The average molecular weight is 1070 g/mol. The molecule has 23 heteroatoms. The Kier molecular flexibility index (Phi) is 17.9. The number of carbonyl (C=O) groups excluding carboxylic acids is 3. The Morgan fingerprint density at radius 2 is 1.67 bits per heavy atom. The summed E-state index contributed by atoms with van der Waals surface area (Å²) < 4.78 is 57.5. The van der Waals surface area contributed by atoms with Gasteiger partial charge in [0.2, 0.25) is 11.0 Å². The van der Waals surface area contributed by atoms with E-state index in [2.05, 4.69) is 10.5 Å². The zero-order valence-electron chi connectivity index (χ0n) is 45.9. The number of aryl methyl sites for hydroxylation is 1. The van der Waals surface area contributed by atoms with Crippen LogP contribution in [0.15, 0.2) is 34.3 Å². The van der Waals surface area contributed by atoms with Crippen LogP contribution in [0, 0.1) is 23.7 Å². The molecule has 1 saturated carbocycles. The van der Waals surface area contributed by atoms with E-state index in [1.54, 1.807) is 77.5 Å². The Bertz CT molecular complexity index is 2540. The minimum absolute atomic E-state index is 0.0118. The van der Waals surface area contributed by atoms with Crippen molar-refractivity contribution in [2.75, 3.05) is 53.4 Å². The highest BCUT2D eigenvalue weighted by Crippen LogP contribution is 2.57. The number of rotatable bonds is 16. The number of carboxylic acid groups (broad SMARTS) is 1. The molecule has 5 fully saturated rings. The molecule has 5 heterocycles.